The molecule has 35 heavy (non-hydrogen) atoms. The molecule has 0 aliphatic rings. The van der Waals surface area contributed by atoms with Gasteiger partial charge in [-0.25, -0.2) is 0 Å². The van der Waals surface area contributed by atoms with E-state index in [2.05, 4.69) is 12.8 Å². The number of carbonyl (C=O) groups excluding carboxylic acids is 1. The number of unbranched alkanes of at least 4 members (excludes halogenated alkanes) is 2. The van der Waals surface area contributed by atoms with Crippen molar-refractivity contribution in [2.45, 2.75) is 32.6 Å². The van der Waals surface area contributed by atoms with Crippen LogP contribution in [0.5, 0.6) is 0 Å². The van der Waals surface area contributed by atoms with E-state index in [1.165, 1.54) is 0 Å². The first kappa shape index (κ1) is 33.7. The van der Waals surface area contributed by atoms with Crippen LogP contribution in [-0.2, 0) is 47.4 Å². The molecule has 0 saturated carbocycles. The van der Waals surface area contributed by atoms with Crippen molar-refractivity contribution >= 4 is 5.97 Å². The highest BCUT2D eigenvalue weighted by Gasteiger charge is 2.01. The van der Waals surface area contributed by atoms with Crippen molar-refractivity contribution in [1.29, 1.82) is 0 Å². The van der Waals surface area contributed by atoms with E-state index in [1.54, 1.807) is 0 Å². The molecule has 0 fully saturated rings. The van der Waals surface area contributed by atoms with Crippen LogP contribution >= 0.6 is 0 Å². The Balaban J connectivity index is 3.06. The second kappa shape index (κ2) is 30.7. The largest absolute Gasteiger partial charge is 0.463 e. The average molecular weight is 507 g/mol. The second-order valence-electron chi connectivity index (χ2n) is 7.22. The molecule has 10 nitrogen and oxygen atoms in total. The molecule has 0 aliphatic carbocycles. The predicted molar refractivity (Wildman–Crippen MR) is 130 cm³/mol. The highest BCUT2D eigenvalue weighted by molar-refractivity contribution is 5.69. The number of hydrogen-bond donors (Lipinski definition) is 0. The molecule has 0 N–H and O–H groups in total. The predicted octanol–water partition coefficient (Wildman–Crippen LogP) is 1.88. The van der Waals surface area contributed by atoms with Crippen LogP contribution in [0.1, 0.15) is 32.6 Å². The number of rotatable bonds is 29. The molecule has 10 heteroatoms. The Hall–Kier alpha value is -1.29. The molecule has 0 unspecified atom stereocenters. The monoisotopic (exact) mass is 506 g/mol. The first-order valence-corrected chi connectivity index (χ1v) is 12.5. The van der Waals surface area contributed by atoms with Crippen LogP contribution in [0.4, 0.5) is 0 Å². The van der Waals surface area contributed by atoms with Crippen molar-refractivity contribution < 1.29 is 47.4 Å². The molecule has 0 atom stereocenters. The fourth-order valence-electron chi connectivity index (χ4n) is 2.48. The van der Waals surface area contributed by atoms with Gasteiger partial charge in [0.2, 0.25) is 0 Å². The summed E-state index contributed by atoms with van der Waals surface area (Å²) in [4.78, 5) is 11.4. The van der Waals surface area contributed by atoms with Gasteiger partial charge < -0.3 is 42.6 Å². The molecule has 0 aromatic rings. The van der Waals surface area contributed by atoms with Crippen LogP contribution in [0.3, 0.4) is 0 Å². The lowest BCUT2D eigenvalue weighted by Crippen LogP contribution is -2.15. The second-order valence-corrected chi connectivity index (χ2v) is 7.22. The summed E-state index contributed by atoms with van der Waals surface area (Å²) in [5, 5.41) is 0. The summed E-state index contributed by atoms with van der Waals surface area (Å²) >= 11 is 0. The normalized spacial score (nSPS) is 11.0. The number of carbonyl (C=O) groups is 1. The van der Waals surface area contributed by atoms with Crippen LogP contribution in [0.25, 0.3) is 0 Å². The van der Waals surface area contributed by atoms with E-state index in [1.807, 2.05) is 0 Å². The molecule has 0 radical (unpaired) electrons. The zero-order chi connectivity index (χ0) is 25.5. The smallest absolute Gasteiger partial charge is 0.305 e. The van der Waals surface area contributed by atoms with Crippen LogP contribution in [0.15, 0.2) is 0 Å². The SMILES string of the molecule is C#CCOCCOCCOCCOCCOCCOCCOCCOCCOC(=O)CCCCC. The van der Waals surface area contributed by atoms with Crippen molar-refractivity contribution in [3.8, 4) is 12.3 Å². The maximum absolute atomic E-state index is 11.4. The molecular formula is C25H46O10. The third kappa shape index (κ3) is 30.7. The van der Waals surface area contributed by atoms with E-state index in [0.29, 0.717) is 112 Å². The van der Waals surface area contributed by atoms with Crippen LogP contribution in [0, 0.1) is 12.3 Å². The lowest BCUT2D eigenvalue weighted by Gasteiger charge is -2.08. The Kier molecular flexibility index (Phi) is 29.6. The van der Waals surface area contributed by atoms with Crippen molar-refractivity contribution in [2.24, 2.45) is 0 Å². The molecule has 0 amide bonds. The van der Waals surface area contributed by atoms with Gasteiger partial charge in [0.1, 0.15) is 13.2 Å². The zero-order valence-electron chi connectivity index (χ0n) is 21.5. The van der Waals surface area contributed by atoms with E-state index >= 15 is 0 Å². The summed E-state index contributed by atoms with van der Waals surface area (Å²) in [6, 6.07) is 0. The minimum atomic E-state index is -0.158. The Morgan fingerprint density at radius 1 is 0.543 bits per heavy atom. The van der Waals surface area contributed by atoms with Gasteiger partial charge in [0.25, 0.3) is 0 Å². The first-order chi connectivity index (χ1) is 17.3. The molecule has 0 aromatic heterocycles. The van der Waals surface area contributed by atoms with Crippen molar-refractivity contribution in [3.05, 3.63) is 0 Å². The maximum Gasteiger partial charge on any atom is 0.305 e. The van der Waals surface area contributed by atoms with Gasteiger partial charge in [0.05, 0.1) is 99.1 Å². The number of hydrogen-bond acceptors (Lipinski definition) is 10. The van der Waals surface area contributed by atoms with E-state index < -0.39 is 0 Å². The molecule has 206 valence electrons. The average Bonchev–Trinajstić information content (AvgIpc) is 2.86. The fourth-order valence-corrected chi connectivity index (χ4v) is 2.48. The summed E-state index contributed by atoms with van der Waals surface area (Å²) in [6.07, 6.45) is 8.57. The van der Waals surface area contributed by atoms with Gasteiger partial charge in [0, 0.05) is 6.42 Å². The van der Waals surface area contributed by atoms with Gasteiger partial charge in [0.15, 0.2) is 0 Å². The fraction of sp³-hybridized carbons (Fsp3) is 0.880. The van der Waals surface area contributed by atoms with Gasteiger partial charge in [-0.15, -0.1) is 6.42 Å². The van der Waals surface area contributed by atoms with E-state index in [-0.39, 0.29) is 12.6 Å². The third-order valence-electron chi connectivity index (χ3n) is 4.26. The molecule has 0 rings (SSSR count). The summed E-state index contributed by atoms with van der Waals surface area (Å²) in [5.74, 6) is 2.23. The first-order valence-electron chi connectivity index (χ1n) is 12.5. The van der Waals surface area contributed by atoms with Crippen LogP contribution < -0.4 is 0 Å². The van der Waals surface area contributed by atoms with E-state index in [0.717, 1.165) is 19.3 Å². The van der Waals surface area contributed by atoms with E-state index in [9.17, 15) is 4.79 Å². The molecule has 0 spiro atoms. The van der Waals surface area contributed by atoms with Crippen LogP contribution in [-0.4, -0.2) is 118 Å². The highest BCUT2D eigenvalue weighted by atomic mass is 16.6. The summed E-state index contributed by atoms with van der Waals surface area (Å²) in [7, 11) is 0. The minimum absolute atomic E-state index is 0.158. The standard InChI is InChI=1S/C25H46O10/c1-3-5-6-7-25(26)35-24-23-34-22-21-33-20-19-32-18-17-31-16-15-30-14-13-29-12-11-28-10-9-27-8-4-2/h2H,3,5-24H2,1H3. The molecule has 0 aromatic carbocycles. The highest BCUT2D eigenvalue weighted by Crippen LogP contribution is 2.00. The molecule has 0 heterocycles. The molecule has 0 bridgehead atoms. The van der Waals surface area contributed by atoms with Gasteiger partial charge in [-0.05, 0) is 6.42 Å². The molecular weight excluding hydrogens is 460 g/mol. The number of terminal acetylenes is 1. The Bertz CT molecular complexity index is 470. The number of esters is 1. The quantitative estimate of drug-likeness (QED) is 0.0849. The minimum Gasteiger partial charge on any atom is -0.463 e. The van der Waals surface area contributed by atoms with Crippen molar-refractivity contribution in [3.63, 3.8) is 0 Å². The third-order valence-corrected chi connectivity index (χ3v) is 4.26. The Morgan fingerprint density at radius 3 is 1.23 bits per heavy atom. The maximum atomic E-state index is 11.4. The Labute approximate surface area is 211 Å². The summed E-state index contributed by atoms with van der Waals surface area (Å²) in [5.41, 5.74) is 0. The molecule has 0 aliphatic heterocycles. The topological polar surface area (TPSA) is 100 Å². The Morgan fingerprint density at radius 2 is 0.886 bits per heavy atom. The van der Waals surface area contributed by atoms with Crippen LogP contribution in [0.2, 0.25) is 0 Å². The lowest BCUT2D eigenvalue weighted by atomic mass is 10.2. The van der Waals surface area contributed by atoms with Gasteiger partial charge in [-0.3, -0.25) is 4.79 Å². The lowest BCUT2D eigenvalue weighted by molar-refractivity contribution is -0.145. The number of ether oxygens (including phenoxy) is 9. The van der Waals surface area contributed by atoms with Gasteiger partial charge >= 0.3 is 5.97 Å². The van der Waals surface area contributed by atoms with Gasteiger partial charge in [-0.1, -0.05) is 25.7 Å². The van der Waals surface area contributed by atoms with Crippen molar-refractivity contribution in [2.75, 3.05) is 112 Å². The summed E-state index contributed by atoms with van der Waals surface area (Å²) in [6.45, 7) is 10.0. The van der Waals surface area contributed by atoms with Crippen molar-refractivity contribution in [1.82, 2.24) is 0 Å². The van der Waals surface area contributed by atoms with Gasteiger partial charge in [-0.2, -0.15) is 0 Å². The van der Waals surface area contributed by atoms with E-state index in [4.69, 9.17) is 49.1 Å². The molecule has 0 saturated heterocycles. The zero-order valence-corrected chi connectivity index (χ0v) is 21.5. The summed E-state index contributed by atoms with van der Waals surface area (Å²) < 4.78 is 47.9.